The fraction of sp³-hybridized carbons (Fsp3) is 0.294. The molecule has 3 aliphatic rings. The van der Waals surface area contributed by atoms with Gasteiger partial charge in [0.05, 0.1) is 6.04 Å². The SMILES string of the molecule is Cn1cc(Br)cc(NC(=O)N2C3=CCN(C3)C3C=CC(C(=O)O)=NC32)c1=O. The molecule has 140 valence electrons. The van der Waals surface area contributed by atoms with Gasteiger partial charge in [0, 0.05) is 36.5 Å². The Balaban J connectivity index is 1.69. The van der Waals surface area contributed by atoms with Crippen molar-refractivity contribution in [3.63, 3.8) is 0 Å². The van der Waals surface area contributed by atoms with Crippen LogP contribution in [0.4, 0.5) is 10.5 Å². The first-order chi connectivity index (χ1) is 12.8. The maximum absolute atomic E-state index is 13.0. The zero-order chi connectivity index (χ0) is 19.3. The normalized spacial score (nSPS) is 25.6. The molecule has 3 unspecified atom stereocenters. The van der Waals surface area contributed by atoms with Gasteiger partial charge in [-0.1, -0.05) is 6.08 Å². The van der Waals surface area contributed by atoms with E-state index in [-0.39, 0.29) is 23.0 Å². The second kappa shape index (κ2) is 6.46. The number of nitrogens with one attached hydrogen (secondary N) is 1. The Morgan fingerprint density at radius 3 is 2.93 bits per heavy atom. The van der Waals surface area contributed by atoms with Gasteiger partial charge < -0.3 is 15.0 Å². The van der Waals surface area contributed by atoms with E-state index in [0.29, 0.717) is 17.6 Å². The highest BCUT2D eigenvalue weighted by Gasteiger charge is 2.44. The van der Waals surface area contributed by atoms with E-state index in [4.69, 9.17) is 0 Å². The monoisotopic (exact) mass is 433 g/mol. The molecule has 0 radical (unpaired) electrons. The lowest BCUT2D eigenvalue weighted by molar-refractivity contribution is -0.129. The molecule has 3 aliphatic heterocycles. The number of rotatable bonds is 2. The standard InChI is InChI=1S/C17H16BrN5O4/c1-21-7-9(18)6-12(15(21)24)20-17(27)23-10-4-5-22(8-10)13-3-2-11(16(25)26)19-14(13)23/h2-4,6-7,13-14H,5,8H2,1H3,(H,20,27)(H,25,26). The zero-order valence-corrected chi connectivity index (χ0v) is 15.9. The number of fused-ring (bicyclic) bond motifs is 4. The third kappa shape index (κ3) is 3.00. The Labute approximate surface area is 162 Å². The second-order valence-electron chi connectivity index (χ2n) is 6.50. The number of hydrogen-bond acceptors (Lipinski definition) is 5. The van der Waals surface area contributed by atoms with Crippen LogP contribution in [0.2, 0.25) is 0 Å². The molecule has 2 N–H and O–H groups in total. The first-order valence-corrected chi connectivity index (χ1v) is 9.03. The maximum atomic E-state index is 13.0. The summed E-state index contributed by atoms with van der Waals surface area (Å²) in [5.41, 5.74) is 0.420. The van der Waals surface area contributed by atoms with E-state index < -0.39 is 18.2 Å². The van der Waals surface area contributed by atoms with Gasteiger partial charge in [-0.25, -0.2) is 9.59 Å². The van der Waals surface area contributed by atoms with Gasteiger partial charge in [0.1, 0.15) is 17.6 Å². The Kier molecular flexibility index (Phi) is 4.23. The van der Waals surface area contributed by atoms with E-state index >= 15 is 0 Å². The van der Waals surface area contributed by atoms with E-state index in [0.717, 1.165) is 5.70 Å². The number of piperazine rings is 1. The molecule has 0 spiro atoms. The van der Waals surface area contributed by atoms with Gasteiger partial charge in [-0.2, -0.15) is 0 Å². The van der Waals surface area contributed by atoms with Crippen molar-refractivity contribution in [3.05, 3.63) is 51.0 Å². The molecular weight excluding hydrogens is 418 g/mol. The third-order valence-electron chi connectivity index (χ3n) is 4.78. The number of aliphatic imine (C=N–C) groups is 1. The minimum atomic E-state index is -1.15. The number of hydrogen-bond donors (Lipinski definition) is 2. The van der Waals surface area contributed by atoms with Crippen LogP contribution in [0.5, 0.6) is 0 Å². The molecule has 3 atom stereocenters. The van der Waals surface area contributed by atoms with E-state index in [2.05, 4.69) is 31.1 Å². The van der Waals surface area contributed by atoms with Crippen LogP contribution in [0.1, 0.15) is 0 Å². The van der Waals surface area contributed by atoms with Gasteiger partial charge in [0.25, 0.3) is 5.56 Å². The van der Waals surface area contributed by atoms with Crippen LogP contribution in [0, 0.1) is 0 Å². The number of halogens is 1. The fourth-order valence-electron chi connectivity index (χ4n) is 3.52. The van der Waals surface area contributed by atoms with Gasteiger partial charge in [-0.15, -0.1) is 0 Å². The molecule has 10 heteroatoms. The molecule has 27 heavy (non-hydrogen) atoms. The predicted molar refractivity (Wildman–Crippen MR) is 102 cm³/mol. The van der Waals surface area contributed by atoms with Crippen LogP contribution >= 0.6 is 15.9 Å². The number of carbonyl (C=O) groups is 2. The number of carbonyl (C=O) groups excluding carboxylic acids is 1. The average molecular weight is 434 g/mol. The molecule has 1 saturated heterocycles. The number of carboxylic acids is 1. The largest absolute Gasteiger partial charge is 0.477 e. The van der Waals surface area contributed by atoms with Gasteiger partial charge >= 0.3 is 12.0 Å². The van der Waals surface area contributed by atoms with Crippen molar-refractivity contribution in [3.8, 4) is 0 Å². The number of aliphatic carboxylic acids is 1. The van der Waals surface area contributed by atoms with E-state index in [1.807, 2.05) is 6.08 Å². The summed E-state index contributed by atoms with van der Waals surface area (Å²) in [5.74, 6) is -1.15. The summed E-state index contributed by atoms with van der Waals surface area (Å²) < 4.78 is 2.01. The molecule has 4 rings (SSSR count). The molecule has 1 aromatic rings. The summed E-state index contributed by atoms with van der Waals surface area (Å²) in [7, 11) is 1.59. The Morgan fingerprint density at radius 2 is 2.19 bits per heavy atom. The molecule has 9 nitrogen and oxygen atoms in total. The summed E-state index contributed by atoms with van der Waals surface area (Å²) in [6.07, 6.45) is 6.05. The molecule has 2 bridgehead atoms. The van der Waals surface area contributed by atoms with Crippen molar-refractivity contribution < 1.29 is 14.7 Å². The summed E-state index contributed by atoms with van der Waals surface area (Å²) in [6.45, 7) is 1.22. The van der Waals surface area contributed by atoms with E-state index in [1.165, 1.54) is 21.6 Å². The van der Waals surface area contributed by atoms with Gasteiger partial charge in [-0.3, -0.25) is 19.6 Å². The lowest BCUT2D eigenvalue weighted by atomic mass is 10.0. The maximum Gasteiger partial charge on any atom is 0.354 e. The molecule has 4 heterocycles. The van der Waals surface area contributed by atoms with Crippen LogP contribution in [0.25, 0.3) is 0 Å². The number of amides is 2. The Bertz CT molecular complexity index is 996. The number of nitrogens with zero attached hydrogens (tertiary/aromatic N) is 4. The highest BCUT2D eigenvalue weighted by molar-refractivity contribution is 9.10. The van der Waals surface area contributed by atoms with Crippen LogP contribution in [0.3, 0.4) is 0 Å². The van der Waals surface area contributed by atoms with Gasteiger partial charge in [-0.05, 0) is 34.1 Å². The molecule has 2 amide bonds. The highest BCUT2D eigenvalue weighted by atomic mass is 79.9. The van der Waals surface area contributed by atoms with Crippen LogP contribution in [-0.2, 0) is 11.8 Å². The number of aromatic nitrogens is 1. The van der Waals surface area contributed by atoms with Crippen LogP contribution in [0.15, 0.2) is 50.4 Å². The predicted octanol–water partition coefficient (Wildman–Crippen LogP) is 0.985. The van der Waals surface area contributed by atoms with Gasteiger partial charge in [0.2, 0.25) is 0 Å². The minimum absolute atomic E-state index is 0.101. The number of dihydropyridines is 1. The summed E-state index contributed by atoms with van der Waals surface area (Å²) in [6, 6.07) is 0.799. The summed E-state index contributed by atoms with van der Waals surface area (Å²) >= 11 is 3.31. The number of carboxylic acid groups (broad SMARTS) is 1. The van der Waals surface area contributed by atoms with E-state index in [1.54, 1.807) is 19.3 Å². The fourth-order valence-corrected chi connectivity index (χ4v) is 4.05. The van der Waals surface area contributed by atoms with E-state index in [9.17, 15) is 19.5 Å². The quantitative estimate of drug-likeness (QED) is 0.722. The smallest absolute Gasteiger partial charge is 0.354 e. The minimum Gasteiger partial charge on any atom is -0.477 e. The lowest BCUT2D eigenvalue weighted by Crippen LogP contribution is -2.58. The molecule has 1 fully saturated rings. The Hall–Kier alpha value is -2.72. The zero-order valence-electron chi connectivity index (χ0n) is 14.3. The Morgan fingerprint density at radius 1 is 1.41 bits per heavy atom. The van der Waals surface area contributed by atoms with Crippen molar-refractivity contribution in [1.82, 2.24) is 14.4 Å². The molecule has 1 aromatic heterocycles. The molecular formula is C17H16BrN5O4. The lowest BCUT2D eigenvalue weighted by Gasteiger charge is -2.43. The number of urea groups is 1. The van der Waals surface area contributed by atoms with Crippen molar-refractivity contribution in [2.75, 3.05) is 18.4 Å². The third-order valence-corrected chi connectivity index (χ3v) is 5.21. The topological polar surface area (TPSA) is 107 Å². The summed E-state index contributed by atoms with van der Waals surface area (Å²) in [5, 5.41) is 11.9. The number of pyridine rings is 1. The van der Waals surface area contributed by atoms with Crippen molar-refractivity contribution in [2.24, 2.45) is 12.0 Å². The first kappa shape index (κ1) is 17.7. The average Bonchev–Trinajstić information content (AvgIpc) is 3.03. The van der Waals surface area contributed by atoms with Crippen molar-refractivity contribution in [1.29, 1.82) is 0 Å². The van der Waals surface area contributed by atoms with Crippen LogP contribution in [-0.4, -0.2) is 62.5 Å². The number of anilines is 1. The highest BCUT2D eigenvalue weighted by Crippen LogP contribution is 2.32. The molecule has 0 saturated carbocycles. The summed E-state index contributed by atoms with van der Waals surface area (Å²) in [4.78, 5) is 44.4. The first-order valence-electron chi connectivity index (χ1n) is 8.24. The molecule has 0 aliphatic carbocycles. The second-order valence-corrected chi connectivity index (χ2v) is 7.41. The van der Waals surface area contributed by atoms with Crippen molar-refractivity contribution >= 4 is 39.3 Å². The number of aryl methyl sites for hydroxylation is 1. The van der Waals surface area contributed by atoms with Crippen molar-refractivity contribution in [2.45, 2.75) is 12.2 Å². The van der Waals surface area contributed by atoms with Gasteiger partial charge in [0.15, 0.2) is 0 Å². The van der Waals surface area contributed by atoms with Crippen LogP contribution < -0.4 is 10.9 Å². The molecule has 0 aromatic carbocycles.